The SMILES string of the molecule is N/C(=C\C=S)c1cccnc1NCc1ccc(F)cc1O.[HH].[HH]. The molecule has 1 heterocycles. The van der Waals surface area contributed by atoms with Gasteiger partial charge in [0.2, 0.25) is 0 Å². The van der Waals surface area contributed by atoms with E-state index in [2.05, 4.69) is 10.3 Å². The number of nitrogens with one attached hydrogen (secondary N) is 1. The summed E-state index contributed by atoms with van der Waals surface area (Å²) in [5.74, 6) is -0.0304. The van der Waals surface area contributed by atoms with E-state index in [0.717, 1.165) is 6.07 Å². The first kappa shape index (κ1) is 14.9. The maximum absolute atomic E-state index is 12.9. The van der Waals surface area contributed by atoms with Crippen LogP contribution in [0.4, 0.5) is 10.2 Å². The number of benzene rings is 1. The molecule has 0 aliphatic rings. The molecule has 0 fully saturated rings. The second-order valence-corrected chi connectivity index (χ2v) is 4.56. The molecule has 0 atom stereocenters. The van der Waals surface area contributed by atoms with Crippen molar-refractivity contribution in [2.24, 2.45) is 5.73 Å². The topological polar surface area (TPSA) is 71.2 Å². The third kappa shape index (κ3) is 3.76. The van der Waals surface area contributed by atoms with Crippen molar-refractivity contribution in [2.75, 3.05) is 5.32 Å². The Morgan fingerprint density at radius 2 is 2.29 bits per heavy atom. The van der Waals surface area contributed by atoms with E-state index in [1.807, 2.05) is 6.07 Å². The molecule has 0 amide bonds. The highest BCUT2D eigenvalue weighted by Gasteiger charge is 2.07. The van der Waals surface area contributed by atoms with Crippen molar-refractivity contribution in [3.8, 4) is 5.75 Å². The first-order chi connectivity index (χ1) is 10.1. The summed E-state index contributed by atoms with van der Waals surface area (Å²) in [6.45, 7) is 0.293. The van der Waals surface area contributed by atoms with Crippen LogP contribution in [0.15, 0.2) is 42.6 Å². The summed E-state index contributed by atoms with van der Waals surface area (Å²) in [6, 6.07) is 7.44. The summed E-state index contributed by atoms with van der Waals surface area (Å²) in [4.78, 5) is 4.21. The molecule has 2 aromatic rings. The normalized spacial score (nSPS) is 11.2. The van der Waals surface area contributed by atoms with Gasteiger partial charge in [-0.3, -0.25) is 0 Å². The number of aromatic nitrogens is 1. The highest BCUT2D eigenvalue weighted by atomic mass is 32.1. The van der Waals surface area contributed by atoms with Crippen LogP contribution in [-0.4, -0.2) is 15.5 Å². The highest BCUT2D eigenvalue weighted by molar-refractivity contribution is 7.79. The van der Waals surface area contributed by atoms with Crippen molar-refractivity contribution < 1.29 is 12.4 Å². The minimum atomic E-state index is -0.483. The van der Waals surface area contributed by atoms with Gasteiger partial charge in [-0.05, 0) is 24.3 Å². The largest absolute Gasteiger partial charge is 0.507 e. The summed E-state index contributed by atoms with van der Waals surface area (Å²) in [7, 11) is 0. The molecule has 0 radical (unpaired) electrons. The Morgan fingerprint density at radius 1 is 1.48 bits per heavy atom. The lowest BCUT2D eigenvalue weighted by atomic mass is 10.1. The average molecular weight is 307 g/mol. The lowest BCUT2D eigenvalue weighted by molar-refractivity contribution is 0.463. The predicted octanol–water partition coefficient (Wildman–Crippen LogP) is 3.33. The summed E-state index contributed by atoms with van der Waals surface area (Å²) in [6.07, 6.45) is 3.23. The number of phenolic OH excluding ortho intramolecular Hbond substituents is 1. The molecule has 2 rings (SSSR count). The lowest BCUT2D eigenvalue weighted by Crippen LogP contribution is -2.07. The molecule has 1 aromatic heterocycles. The molecule has 21 heavy (non-hydrogen) atoms. The van der Waals surface area contributed by atoms with Crippen molar-refractivity contribution in [2.45, 2.75) is 6.54 Å². The number of hydrogen-bond acceptors (Lipinski definition) is 5. The van der Waals surface area contributed by atoms with Crippen LogP contribution in [0.3, 0.4) is 0 Å². The monoisotopic (exact) mass is 307 g/mol. The number of nitrogens with zero attached hydrogens (tertiary/aromatic N) is 1. The fraction of sp³-hybridized carbons (Fsp3) is 0.0667. The van der Waals surface area contributed by atoms with Gasteiger partial charge in [-0.25, -0.2) is 9.37 Å². The Balaban J connectivity index is 0.00000242. The second-order valence-electron chi connectivity index (χ2n) is 4.28. The minimum Gasteiger partial charge on any atom is -0.507 e. The first-order valence-electron chi connectivity index (χ1n) is 6.19. The maximum Gasteiger partial charge on any atom is 0.135 e. The Labute approximate surface area is 130 Å². The number of phenols is 1. The van der Waals surface area contributed by atoms with Gasteiger partial charge in [0.15, 0.2) is 0 Å². The number of thiocarbonyl (C=S) groups is 1. The molecule has 4 nitrogen and oxygen atoms in total. The molecule has 6 heteroatoms. The van der Waals surface area contributed by atoms with Gasteiger partial charge in [0.25, 0.3) is 0 Å². The average Bonchev–Trinajstić information content (AvgIpc) is 2.47. The standard InChI is InChI=1S/C15H14FN3OS.2H2/c16-11-4-3-10(14(20)8-11)9-19-15-12(2-1-6-18-15)13(17)5-7-21;;/h1-8,20H,9,17H2,(H,18,19);2*1H/b13-5-;;. The van der Waals surface area contributed by atoms with Crippen LogP contribution in [0.2, 0.25) is 0 Å². The zero-order chi connectivity index (χ0) is 15.2. The molecule has 0 aliphatic heterocycles. The lowest BCUT2D eigenvalue weighted by Gasteiger charge is -2.11. The van der Waals surface area contributed by atoms with Crippen molar-refractivity contribution in [3.05, 3.63) is 59.5 Å². The number of pyridine rings is 1. The number of rotatable bonds is 5. The van der Waals surface area contributed by atoms with Crippen LogP contribution >= 0.6 is 12.2 Å². The summed E-state index contributed by atoms with van der Waals surface area (Å²) < 4.78 is 12.9. The Hall–Kier alpha value is -2.47. The van der Waals surface area contributed by atoms with E-state index in [9.17, 15) is 9.50 Å². The fourth-order valence-electron chi connectivity index (χ4n) is 1.81. The molecule has 0 bridgehead atoms. The van der Waals surface area contributed by atoms with Gasteiger partial charge >= 0.3 is 0 Å². The van der Waals surface area contributed by atoms with Gasteiger partial charge in [-0.15, -0.1) is 0 Å². The van der Waals surface area contributed by atoms with E-state index in [0.29, 0.717) is 29.2 Å². The molecule has 4 N–H and O–H groups in total. The van der Waals surface area contributed by atoms with Gasteiger partial charge in [-0.2, -0.15) is 0 Å². The van der Waals surface area contributed by atoms with Crippen LogP contribution < -0.4 is 11.1 Å². The van der Waals surface area contributed by atoms with Crippen LogP contribution in [0.1, 0.15) is 14.0 Å². The molecule has 0 spiro atoms. The predicted molar refractivity (Wildman–Crippen MR) is 89.7 cm³/mol. The maximum atomic E-state index is 12.9. The Kier molecular flexibility index (Phi) is 4.84. The van der Waals surface area contributed by atoms with Crippen LogP contribution in [0.5, 0.6) is 5.75 Å². The van der Waals surface area contributed by atoms with Gasteiger partial charge in [0, 0.05) is 43.9 Å². The van der Waals surface area contributed by atoms with Crippen molar-refractivity contribution in [1.29, 1.82) is 0 Å². The molecule has 1 aromatic carbocycles. The number of aromatic hydroxyl groups is 1. The number of halogens is 1. The Morgan fingerprint density at radius 3 is 3.00 bits per heavy atom. The molecule has 0 aliphatic carbocycles. The van der Waals surface area contributed by atoms with Gasteiger partial charge in [0.1, 0.15) is 17.4 Å². The third-order valence-electron chi connectivity index (χ3n) is 2.86. The molecule has 0 saturated heterocycles. The van der Waals surface area contributed by atoms with E-state index in [-0.39, 0.29) is 8.60 Å². The third-order valence-corrected chi connectivity index (χ3v) is 3.00. The van der Waals surface area contributed by atoms with E-state index in [4.69, 9.17) is 18.0 Å². The minimum absolute atomic E-state index is 0. The number of hydrogen-bond donors (Lipinski definition) is 3. The highest BCUT2D eigenvalue weighted by Crippen LogP contribution is 2.22. The van der Waals surface area contributed by atoms with E-state index >= 15 is 0 Å². The zero-order valence-electron chi connectivity index (χ0n) is 11.1. The summed E-state index contributed by atoms with van der Waals surface area (Å²) >= 11 is 4.75. The number of anilines is 1. The summed E-state index contributed by atoms with van der Waals surface area (Å²) in [5, 5.41) is 14.2. The Bertz CT molecular complexity index is 698. The van der Waals surface area contributed by atoms with E-state index in [1.165, 1.54) is 17.5 Å². The zero-order valence-corrected chi connectivity index (χ0v) is 11.9. The quantitative estimate of drug-likeness (QED) is 0.584. The van der Waals surface area contributed by atoms with Crippen LogP contribution in [0, 0.1) is 5.82 Å². The van der Waals surface area contributed by atoms with Crippen molar-refractivity contribution in [3.63, 3.8) is 0 Å². The van der Waals surface area contributed by atoms with Gasteiger partial charge in [0.05, 0.1) is 0 Å². The van der Waals surface area contributed by atoms with E-state index < -0.39 is 5.82 Å². The van der Waals surface area contributed by atoms with E-state index in [1.54, 1.807) is 18.3 Å². The fourth-order valence-corrected chi connectivity index (χ4v) is 1.95. The smallest absolute Gasteiger partial charge is 0.135 e. The molecular weight excluding hydrogens is 289 g/mol. The van der Waals surface area contributed by atoms with Gasteiger partial charge < -0.3 is 16.2 Å². The molecule has 0 unspecified atom stereocenters. The number of allylic oxidation sites excluding steroid dienone is 1. The van der Waals surface area contributed by atoms with Crippen molar-refractivity contribution >= 4 is 29.1 Å². The van der Waals surface area contributed by atoms with Crippen molar-refractivity contribution in [1.82, 2.24) is 4.98 Å². The molecular formula is C15H18FN3OS. The molecule has 0 saturated carbocycles. The van der Waals surface area contributed by atoms with Crippen LogP contribution in [-0.2, 0) is 6.54 Å². The number of nitrogens with two attached hydrogens (primary N) is 1. The second kappa shape index (κ2) is 6.81. The van der Waals surface area contributed by atoms with Crippen LogP contribution in [0.25, 0.3) is 5.70 Å². The molecule has 112 valence electrons. The van der Waals surface area contributed by atoms with Gasteiger partial charge in [-0.1, -0.05) is 18.3 Å². The first-order valence-corrected chi connectivity index (χ1v) is 6.66. The summed E-state index contributed by atoms with van der Waals surface area (Å²) in [5.41, 5.74) is 7.67.